The molecule has 0 atom stereocenters. The van der Waals surface area contributed by atoms with Crippen LogP contribution in [0.25, 0.3) is 0 Å². The van der Waals surface area contributed by atoms with E-state index in [-0.39, 0.29) is 5.56 Å². The number of aromatic nitrogens is 2. The molecule has 0 radical (unpaired) electrons. The first kappa shape index (κ1) is 19.7. The van der Waals surface area contributed by atoms with Crippen molar-refractivity contribution in [2.45, 2.75) is 32.7 Å². The molecule has 29 heavy (non-hydrogen) atoms. The van der Waals surface area contributed by atoms with Crippen molar-refractivity contribution in [2.24, 2.45) is 0 Å². The van der Waals surface area contributed by atoms with Gasteiger partial charge in [-0.3, -0.25) is 14.7 Å². The highest BCUT2D eigenvalue weighted by Crippen LogP contribution is 2.18. The monoisotopic (exact) mass is 408 g/mol. The van der Waals surface area contributed by atoms with E-state index >= 15 is 0 Å². The Kier molecular flexibility index (Phi) is 5.97. The maximum Gasteiger partial charge on any atom is 0.256 e. The third-order valence-corrected chi connectivity index (χ3v) is 5.59. The van der Waals surface area contributed by atoms with Gasteiger partial charge in [0, 0.05) is 29.2 Å². The molecule has 6 heteroatoms. The Morgan fingerprint density at radius 1 is 1.03 bits per heavy atom. The average molecular weight is 409 g/mol. The molecule has 5 nitrogen and oxygen atoms in total. The van der Waals surface area contributed by atoms with E-state index in [1.165, 1.54) is 31.5 Å². The number of H-pyrrole nitrogens is 1. The van der Waals surface area contributed by atoms with Crippen LogP contribution in [0.1, 0.15) is 35.2 Å². The Morgan fingerprint density at radius 3 is 2.34 bits per heavy atom. The number of halogens is 1. The molecule has 1 aliphatic rings. The minimum atomic E-state index is -0.124. The normalized spacial score (nSPS) is 14.3. The minimum Gasteiger partial charge on any atom is -0.326 e. The number of rotatable bonds is 6. The summed E-state index contributed by atoms with van der Waals surface area (Å²) in [6, 6.07) is 15.8. The first-order chi connectivity index (χ1) is 14.1. The summed E-state index contributed by atoms with van der Waals surface area (Å²) in [6.07, 6.45) is 3.12. The van der Waals surface area contributed by atoms with Crippen LogP contribution in [0.2, 0.25) is 5.02 Å². The minimum absolute atomic E-state index is 0.124. The summed E-state index contributed by atoms with van der Waals surface area (Å²) >= 11 is 5.94. The molecular weight excluding hydrogens is 384 g/mol. The van der Waals surface area contributed by atoms with Crippen LogP contribution >= 0.6 is 11.6 Å². The Bertz CT molecular complexity index is 1020. The third-order valence-electron chi connectivity index (χ3n) is 5.34. The summed E-state index contributed by atoms with van der Waals surface area (Å²) in [6.45, 7) is 5.23. The molecule has 0 spiro atoms. The van der Waals surface area contributed by atoms with Gasteiger partial charge in [0.2, 0.25) is 5.95 Å². The zero-order chi connectivity index (χ0) is 20.2. The number of hydrogen-bond donors (Lipinski definition) is 2. The quantitative estimate of drug-likeness (QED) is 0.622. The van der Waals surface area contributed by atoms with Crippen molar-refractivity contribution in [2.75, 3.05) is 18.4 Å². The molecule has 150 valence electrons. The molecule has 3 aromatic rings. The molecular formula is C23H25ClN4O. The molecule has 2 heterocycles. The zero-order valence-electron chi connectivity index (χ0n) is 16.5. The second kappa shape index (κ2) is 8.80. The van der Waals surface area contributed by atoms with Crippen molar-refractivity contribution in [3.05, 3.63) is 86.3 Å². The van der Waals surface area contributed by atoms with Crippen LogP contribution in [0.4, 0.5) is 11.6 Å². The largest absolute Gasteiger partial charge is 0.326 e. The van der Waals surface area contributed by atoms with Crippen LogP contribution in [0.5, 0.6) is 0 Å². The van der Waals surface area contributed by atoms with Gasteiger partial charge in [-0.2, -0.15) is 0 Å². The molecule has 1 fully saturated rings. The highest BCUT2D eigenvalue weighted by Gasteiger charge is 2.12. The molecule has 0 unspecified atom stereocenters. The van der Waals surface area contributed by atoms with Crippen LogP contribution in [0, 0.1) is 6.92 Å². The van der Waals surface area contributed by atoms with Crippen molar-refractivity contribution < 1.29 is 0 Å². The molecule has 2 N–H and O–H groups in total. The lowest BCUT2D eigenvalue weighted by molar-refractivity contribution is 0.331. The molecule has 0 saturated carbocycles. The molecule has 1 aliphatic heterocycles. The predicted octanol–water partition coefficient (Wildman–Crippen LogP) is 4.66. The zero-order valence-corrected chi connectivity index (χ0v) is 17.3. The number of hydrogen-bond acceptors (Lipinski definition) is 4. The number of anilines is 2. The van der Waals surface area contributed by atoms with Gasteiger partial charge in [-0.25, -0.2) is 4.98 Å². The summed E-state index contributed by atoms with van der Waals surface area (Å²) in [5.41, 5.74) is 4.49. The summed E-state index contributed by atoms with van der Waals surface area (Å²) in [7, 11) is 0. The van der Waals surface area contributed by atoms with Crippen molar-refractivity contribution >= 4 is 23.2 Å². The Morgan fingerprint density at radius 2 is 1.69 bits per heavy atom. The first-order valence-corrected chi connectivity index (χ1v) is 10.4. The van der Waals surface area contributed by atoms with Gasteiger partial charge in [0.15, 0.2) is 0 Å². The van der Waals surface area contributed by atoms with Crippen LogP contribution in [-0.2, 0) is 13.0 Å². The summed E-state index contributed by atoms with van der Waals surface area (Å²) in [4.78, 5) is 22.5. The standard InChI is InChI=1S/C23H25ClN4O/c1-16-21(14-17-4-8-19(24)9-5-17)22(29)27-23(25-16)26-20-10-6-18(7-11-20)15-28-12-2-3-13-28/h4-11H,2-3,12-15H2,1H3,(H2,25,26,27,29). The fourth-order valence-corrected chi connectivity index (χ4v) is 3.84. The maximum absolute atomic E-state index is 12.6. The second-order valence-corrected chi connectivity index (χ2v) is 8.02. The number of aromatic amines is 1. The summed E-state index contributed by atoms with van der Waals surface area (Å²) < 4.78 is 0. The highest BCUT2D eigenvalue weighted by molar-refractivity contribution is 6.30. The van der Waals surface area contributed by atoms with E-state index in [1.54, 1.807) is 0 Å². The van der Waals surface area contributed by atoms with E-state index in [9.17, 15) is 4.79 Å². The average Bonchev–Trinajstić information content (AvgIpc) is 3.21. The van der Waals surface area contributed by atoms with Crippen molar-refractivity contribution in [3.63, 3.8) is 0 Å². The van der Waals surface area contributed by atoms with Gasteiger partial charge < -0.3 is 5.32 Å². The fourth-order valence-electron chi connectivity index (χ4n) is 3.71. The van der Waals surface area contributed by atoms with Crippen LogP contribution < -0.4 is 10.9 Å². The van der Waals surface area contributed by atoms with E-state index in [1.807, 2.05) is 43.3 Å². The van der Waals surface area contributed by atoms with Crippen molar-refractivity contribution in [3.8, 4) is 0 Å². The van der Waals surface area contributed by atoms with Crippen molar-refractivity contribution in [1.29, 1.82) is 0 Å². The molecule has 1 aromatic heterocycles. The van der Waals surface area contributed by atoms with E-state index in [2.05, 4.69) is 32.3 Å². The number of nitrogens with zero attached hydrogens (tertiary/aromatic N) is 2. The molecule has 4 rings (SSSR count). The molecule has 0 bridgehead atoms. The Balaban J connectivity index is 1.45. The second-order valence-electron chi connectivity index (χ2n) is 7.59. The van der Waals surface area contributed by atoms with Gasteiger partial charge in [0.1, 0.15) is 0 Å². The number of likely N-dealkylation sites (tertiary alicyclic amines) is 1. The SMILES string of the molecule is Cc1nc(Nc2ccc(CN3CCCC3)cc2)[nH]c(=O)c1Cc1ccc(Cl)cc1. The lowest BCUT2D eigenvalue weighted by Gasteiger charge is -2.15. The predicted molar refractivity (Wildman–Crippen MR) is 118 cm³/mol. The van der Waals surface area contributed by atoms with E-state index in [0.29, 0.717) is 23.0 Å². The lowest BCUT2D eigenvalue weighted by Crippen LogP contribution is -2.19. The molecule has 0 aliphatic carbocycles. The van der Waals surface area contributed by atoms with E-state index in [4.69, 9.17) is 11.6 Å². The van der Waals surface area contributed by atoms with Crippen molar-refractivity contribution in [1.82, 2.24) is 14.9 Å². The van der Waals surface area contributed by atoms with Crippen LogP contribution in [0.3, 0.4) is 0 Å². The van der Waals surface area contributed by atoms with Gasteiger partial charge in [-0.1, -0.05) is 35.9 Å². The number of nitrogens with one attached hydrogen (secondary N) is 2. The van der Waals surface area contributed by atoms with Gasteiger partial charge in [-0.15, -0.1) is 0 Å². The van der Waals surface area contributed by atoms with Gasteiger partial charge in [-0.05, 0) is 68.2 Å². The number of benzene rings is 2. The van der Waals surface area contributed by atoms with Gasteiger partial charge >= 0.3 is 0 Å². The first-order valence-electron chi connectivity index (χ1n) is 9.99. The summed E-state index contributed by atoms with van der Waals surface area (Å²) in [5.74, 6) is 0.458. The van der Waals surface area contributed by atoms with Gasteiger partial charge in [0.05, 0.1) is 5.69 Å². The smallest absolute Gasteiger partial charge is 0.256 e. The van der Waals surface area contributed by atoms with E-state index < -0.39 is 0 Å². The van der Waals surface area contributed by atoms with E-state index in [0.717, 1.165) is 23.5 Å². The Hall–Kier alpha value is -2.63. The third kappa shape index (κ3) is 5.05. The molecule has 1 saturated heterocycles. The fraction of sp³-hybridized carbons (Fsp3) is 0.304. The maximum atomic E-state index is 12.6. The van der Waals surface area contributed by atoms with Gasteiger partial charge in [0.25, 0.3) is 5.56 Å². The summed E-state index contributed by atoms with van der Waals surface area (Å²) in [5, 5.41) is 3.89. The number of aryl methyl sites for hydroxylation is 1. The molecule has 0 amide bonds. The lowest BCUT2D eigenvalue weighted by atomic mass is 10.1. The topological polar surface area (TPSA) is 61.0 Å². The Labute approximate surface area is 175 Å². The highest BCUT2D eigenvalue weighted by atomic mass is 35.5. The molecule has 2 aromatic carbocycles. The van der Waals surface area contributed by atoms with Crippen LogP contribution in [0.15, 0.2) is 53.3 Å². The van der Waals surface area contributed by atoms with Crippen LogP contribution in [-0.4, -0.2) is 28.0 Å².